The first kappa shape index (κ1) is 19.5. The fourth-order valence-electron chi connectivity index (χ4n) is 2.59. The first-order valence-electron chi connectivity index (χ1n) is 8.17. The Balaban J connectivity index is 2.42. The third-order valence-corrected chi connectivity index (χ3v) is 3.77. The van der Waals surface area contributed by atoms with Crippen molar-refractivity contribution in [3.05, 3.63) is 35.8 Å². The van der Waals surface area contributed by atoms with Crippen LogP contribution in [0.2, 0.25) is 0 Å². The van der Waals surface area contributed by atoms with Gasteiger partial charge in [-0.3, -0.25) is 0 Å². The number of anilines is 1. The predicted octanol–water partition coefficient (Wildman–Crippen LogP) is 1.79. The highest BCUT2D eigenvalue weighted by Gasteiger charge is 2.16. The molecule has 0 saturated carbocycles. The lowest BCUT2D eigenvalue weighted by atomic mass is 10.2. The molecule has 2 N–H and O–H groups in total. The molecule has 0 aliphatic carbocycles. The van der Waals surface area contributed by atoms with Crippen LogP contribution in [-0.2, 0) is 25.6 Å². The minimum absolute atomic E-state index is 0.0134. The van der Waals surface area contributed by atoms with E-state index in [0.717, 1.165) is 22.9 Å². The molecule has 26 heavy (non-hydrogen) atoms. The highest BCUT2D eigenvalue weighted by Crippen LogP contribution is 2.25. The molecule has 1 heterocycles. The lowest BCUT2D eigenvalue weighted by molar-refractivity contribution is -0.138. The number of fused-ring (bicyclic) bond motifs is 1. The zero-order valence-electron chi connectivity index (χ0n) is 15.3. The van der Waals surface area contributed by atoms with Crippen LogP contribution in [0.15, 0.2) is 30.0 Å². The highest BCUT2D eigenvalue weighted by atomic mass is 16.5. The molecular weight excluding hydrogens is 338 g/mol. The molecule has 0 bridgehead atoms. The van der Waals surface area contributed by atoms with Gasteiger partial charge >= 0.3 is 11.9 Å². The SMILES string of the molecule is COC(=O)/C=C(/Nc1ccc2c(c1)nc(C(C)C)n2CCO)C(=O)OC. The average Bonchev–Trinajstić information content (AvgIpc) is 2.98. The molecule has 2 rings (SSSR count). The van der Waals surface area contributed by atoms with Gasteiger partial charge in [0.1, 0.15) is 11.5 Å². The van der Waals surface area contributed by atoms with Crippen molar-refractivity contribution in [2.45, 2.75) is 26.3 Å². The Labute approximate surface area is 151 Å². The van der Waals surface area contributed by atoms with Crippen molar-refractivity contribution in [2.75, 3.05) is 26.1 Å². The maximum absolute atomic E-state index is 11.9. The van der Waals surface area contributed by atoms with Gasteiger partial charge in [0.05, 0.1) is 37.9 Å². The van der Waals surface area contributed by atoms with Crippen LogP contribution in [0, 0.1) is 0 Å². The number of rotatable bonds is 7. The number of aliphatic hydroxyl groups excluding tert-OH is 1. The molecule has 0 aliphatic rings. The minimum Gasteiger partial charge on any atom is -0.466 e. The van der Waals surface area contributed by atoms with Crippen LogP contribution in [-0.4, -0.2) is 47.4 Å². The number of hydrogen-bond acceptors (Lipinski definition) is 7. The second-order valence-corrected chi connectivity index (χ2v) is 5.90. The zero-order chi connectivity index (χ0) is 19.3. The Kier molecular flexibility index (Phi) is 6.35. The van der Waals surface area contributed by atoms with Crippen LogP contribution in [0.25, 0.3) is 11.0 Å². The number of aromatic nitrogens is 2. The van der Waals surface area contributed by atoms with Crippen molar-refractivity contribution >= 4 is 28.7 Å². The number of imidazole rings is 1. The summed E-state index contributed by atoms with van der Waals surface area (Å²) in [5.41, 5.74) is 2.12. The number of aliphatic hydroxyl groups is 1. The van der Waals surface area contributed by atoms with Crippen LogP contribution >= 0.6 is 0 Å². The number of nitrogens with one attached hydrogen (secondary N) is 1. The molecule has 8 heteroatoms. The molecule has 0 amide bonds. The lowest BCUT2D eigenvalue weighted by Gasteiger charge is -2.10. The molecule has 2 aromatic rings. The molecule has 0 radical (unpaired) electrons. The van der Waals surface area contributed by atoms with E-state index in [1.807, 2.05) is 24.5 Å². The van der Waals surface area contributed by atoms with E-state index in [-0.39, 0.29) is 18.2 Å². The highest BCUT2D eigenvalue weighted by molar-refractivity contribution is 5.99. The first-order valence-corrected chi connectivity index (χ1v) is 8.17. The molecule has 0 unspecified atom stereocenters. The molecule has 0 aliphatic heterocycles. The maximum atomic E-state index is 11.9. The van der Waals surface area contributed by atoms with Crippen LogP contribution in [0.4, 0.5) is 5.69 Å². The van der Waals surface area contributed by atoms with Gasteiger partial charge in [0.15, 0.2) is 0 Å². The van der Waals surface area contributed by atoms with Crippen molar-refractivity contribution in [3.8, 4) is 0 Å². The van der Waals surface area contributed by atoms with Crippen LogP contribution in [0.3, 0.4) is 0 Å². The third-order valence-electron chi connectivity index (χ3n) is 3.77. The number of hydrogen-bond donors (Lipinski definition) is 2. The fraction of sp³-hybridized carbons (Fsp3) is 0.389. The van der Waals surface area contributed by atoms with E-state index in [2.05, 4.69) is 19.8 Å². The Morgan fingerprint density at radius 3 is 2.62 bits per heavy atom. The summed E-state index contributed by atoms with van der Waals surface area (Å²) in [6.07, 6.45) is 1.03. The molecule has 1 aromatic carbocycles. The van der Waals surface area contributed by atoms with Crippen molar-refractivity contribution in [1.82, 2.24) is 9.55 Å². The summed E-state index contributed by atoms with van der Waals surface area (Å²) in [6.45, 7) is 4.53. The second kappa shape index (κ2) is 8.48. The normalized spacial score (nSPS) is 11.7. The lowest BCUT2D eigenvalue weighted by Crippen LogP contribution is -2.15. The summed E-state index contributed by atoms with van der Waals surface area (Å²) in [6, 6.07) is 5.37. The summed E-state index contributed by atoms with van der Waals surface area (Å²) < 4.78 is 11.2. The molecule has 0 atom stereocenters. The molecule has 0 spiro atoms. The van der Waals surface area contributed by atoms with Crippen molar-refractivity contribution < 1.29 is 24.2 Å². The first-order chi connectivity index (χ1) is 12.4. The van der Waals surface area contributed by atoms with Crippen molar-refractivity contribution in [3.63, 3.8) is 0 Å². The number of methoxy groups -OCH3 is 2. The molecule has 0 saturated heterocycles. The zero-order valence-corrected chi connectivity index (χ0v) is 15.3. The van der Waals surface area contributed by atoms with Gasteiger partial charge in [-0.25, -0.2) is 14.6 Å². The van der Waals surface area contributed by atoms with Gasteiger partial charge in [0.2, 0.25) is 0 Å². The Bertz CT molecular complexity index is 839. The van der Waals surface area contributed by atoms with E-state index < -0.39 is 11.9 Å². The van der Waals surface area contributed by atoms with Crippen LogP contribution in [0.5, 0.6) is 0 Å². The van der Waals surface area contributed by atoms with Gasteiger partial charge in [-0.2, -0.15) is 0 Å². The third kappa shape index (κ3) is 4.20. The minimum atomic E-state index is -0.691. The standard InChI is InChI=1S/C18H23N3O5/c1-11(2)17-20-13-9-12(5-6-15(13)21(17)7-8-22)19-14(18(24)26-4)10-16(23)25-3/h5-6,9-11,19,22H,7-8H2,1-4H3/b14-10+. The van der Waals surface area contributed by atoms with Crippen molar-refractivity contribution in [1.29, 1.82) is 0 Å². The quantitative estimate of drug-likeness (QED) is 0.572. The monoisotopic (exact) mass is 361 g/mol. The number of carbonyl (C=O) groups is 2. The predicted molar refractivity (Wildman–Crippen MR) is 96.6 cm³/mol. The molecule has 0 fully saturated rings. The Hall–Kier alpha value is -2.87. The van der Waals surface area contributed by atoms with E-state index in [1.165, 1.54) is 14.2 Å². The number of ether oxygens (including phenoxy) is 2. The number of nitrogens with zero attached hydrogens (tertiary/aromatic N) is 2. The van der Waals surface area contributed by atoms with Crippen LogP contribution < -0.4 is 5.32 Å². The van der Waals surface area contributed by atoms with Crippen LogP contribution in [0.1, 0.15) is 25.6 Å². The fourth-order valence-corrected chi connectivity index (χ4v) is 2.59. The van der Waals surface area contributed by atoms with Gasteiger partial charge in [-0.05, 0) is 18.2 Å². The maximum Gasteiger partial charge on any atom is 0.354 e. The molecule has 1 aromatic heterocycles. The number of carbonyl (C=O) groups excluding carboxylic acids is 2. The summed E-state index contributed by atoms with van der Waals surface area (Å²) in [7, 11) is 2.45. The van der Waals surface area contributed by atoms with Gasteiger partial charge in [-0.1, -0.05) is 13.8 Å². The molecule has 140 valence electrons. The number of esters is 2. The summed E-state index contributed by atoms with van der Waals surface area (Å²) in [4.78, 5) is 27.9. The topological polar surface area (TPSA) is 103 Å². The van der Waals surface area contributed by atoms with E-state index >= 15 is 0 Å². The van der Waals surface area contributed by atoms with E-state index in [0.29, 0.717) is 12.2 Å². The Morgan fingerprint density at radius 2 is 2.04 bits per heavy atom. The molecule has 8 nitrogen and oxygen atoms in total. The van der Waals surface area contributed by atoms with E-state index in [4.69, 9.17) is 0 Å². The average molecular weight is 361 g/mol. The van der Waals surface area contributed by atoms with E-state index in [9.17, 15) is 14.7 Å². The summed E-state index contributed by atoms with van der Waals surface area (Å²) in [5, 5.41) is 12.2. The Morgan fingerprint density at radius 1 is 1.31 bits per heavy atom. The second-order valence-electron chi connectivity index (χ2n) is 5.90. The molecular formula is C18H23N3O5. The van der Waals surface area contributed by atoms with Crippen molar-refractivity contribution in [2.24, 2.45) is 0 Å². The smallest absolute Gasteiger partial charge is 0.354 e. The van der Waals surface area contributed by atoms with Gasteiger partial charge in [0.25, 0.3) is 0 Å². The summed E-state index contributed by atoms with van der Waals surface area (Å²) >= 11 is 0. The van der Waals surface area contributed by atoms with E-state index in [1.54, 1.807) is 12.1 Å². The van der Waals surface area contributed by atoms with Gasteiger partial charge in [-0.15, -0.1) is 0 Å². The largest absolute Gasteiger partial charge is 0.466 e. The van der Waals surface area contributed by atoms with Gasteiger partial charge in [0, 0.05) is 18.2 Å². The summed E-state index contributed by atoms with van der Waals surface area (Å²) in [5.74, 6) is -0.308. The number of benzene rings is 1. The van der Waals surface area contributed by atoms with Gasteiger partial charge < -0.3 is 24.5 Å².